The van der Waals surface area contributed by atoms with E-state index in [1.54, 1.807) is 27.2 Å². The Kier molecular flexibility index (Phi) is 4.02. The number of aryl methyl sites for hydroxylation is 3. The molecule has 27 heavy (non-hydrogen) atoms. The molecule has 1 aliphatic rings. The van der Waals surface area contributed by atoms with Gasteiger partial charge in [0.15, 0.2) is 0 Å². The molecule has 1 aliphatic carbocycles. The molecule has 0 bridgehead atoms. The minimum atomic E-state index is 0.0825. The monoisotopic (exact) mass is 396 g/mol. The Morgan fingerprint density at radius 2 is 2.04 bits per heavy atom. The van der Waals surface area contributed by atoms with Crippen LogP contribution in [0.25, 0.3) is 20.4 Å². The smallest absolute Gasteiger partial charge is 0.263 e. The maximum Gasteiger partial charge on any atom is 0.263 e. The highest BCUT2D eigenvalue weighted by atomic mass is 32.1. The Morgan fingerprint density at radius 3 is 2.89 bits per heavy atom. The molecular formula is C20H20N4OS2. The first kappa shape index (κ1) is 16.9. The van der Waals surface area contributed by atoms with E-state index in [0.717, 1.165) is 44.0 Å². The molecule has 0 radical (unpaired) electrons. The van der Waals surface area contributed by atoms with Crippen molar-refractivity contribution in [3.63, 3.8) is 0 Å². The highest BCUT2D eigenvalue weighted by molar-refractivity contribution is 7.19. The molecule has 0 saturated carbocycles. The van der Waals surface area contributed by atoms with Crippen LogP contribution >= 0.6 is 22.7 Å². The van der Waals surface area contributed by atoms with E-state index in [9.17, 15) is 4.79 Å². The summed E-state index contributed by atoms with van der Waals surface area (Å²) in [6, 6.07) is 6.09. The standard InChI is InChI=1S/C20H20N4OS2/c1-3-24-19(25)17-13-6-4-5-7-15(13)27-18(17)23-20(24)22-12-8-9-14-16(10-12)26-11(2)21-14/h8-10H,3-7H2,1-2H3,(H,22,23). The SMILES string of the molecule is CCn1c(Nc2ccc3nc(C)sc3c2)nc2sc3c(c2c1=O)CCCC3. The first-order valence-corrected chi connectivity index (χ1v) is 11.0. The van der Waals surface area contributed by atoms with Crippen LogP contribution in [0.5, 0.6) is 0 Å². The highest BCUT2D eigenvalue weighted by Gasteiger charge is 2.21. The summed E-state index contributed by atoms with van der Waals surface area (Å²) < 4.78 is 2.89. The van der Waals surface area contributed by atoms with Crippen LogP contribution in [0.15, 0.2) is 23.0 Å². The second-order valence-corrected chi connectivity index (χ2v) is 9.23. The van der Waals surface area contributed by atoms with E-state index in [2.05, 4.69) is 16.4 Å². The lowest BCUT2D eigenvalue weighted by molar-refractivity contribution is 0.696. The minimum absolute atomic E-state index is 0.0825. The average molecular weight is 397 g/mol. The van der Waals surface area contributed by atoms with Crippen LogP contribution in [0.2, 0.25) is 0 Å². The minimum Gasteiger partial charge on any atom is -0.325 e. The van der Waals surface area contributed by atoms with Gasteiger partial charge in [-0.1, -0.05) is 0 Å². The molecule has 7 heteroatoms. The van der Waals surface area contributed by atoms with Gasteiger partial charge in [0.25, 0.3) is 5.56 Å². The first-order chi connectivity index (χ1) is 13.1. The van der Waals surface area contributed by atoms with E-state index in [1.165, 1.54) is 23.3 Å². The Labute approximate surface area is 164 Å². The second-order valence-electron chi connectivity index (χ2n) is 6.92. The molecule has 3 aromatic heterocycles. The van der Waals surface area contributed by atoms with Crippen molar-refractivity contribution in [1.82, 2.24) is 14.5 Å². The number of nitrogens with one attached hydrogen (secondary N) is 1. The molecule has 0 atom stereocenters. The fraction of sp³-hybridized carbons (Fsp3) is 0.350. The fourth-order valence-corrected chi connectivity index (χ4v) is 5.99. The molecule has 0 aliphatic heterocycles. The van der Waals surface area contributed by atoms with Gasteiger partial charge in [-0.3, -0.25) is 9.36 Å². The van der Waals surface area contributed by atoms with E-state index in [0.29, 0.717) is 12.5 Å². The Morgan fingerprint density at radius 1 is 1.19 bits per heavy atom. The molecule has 3 heterocycles. The van der Waals surface area contributed by atoms with Crippen LogP contribution in [0.1, 0.15) is 35.2 Å². The summed E-state index contributed by atoms with van der Waals surface area (Å²) in [6.45, 7) is 4.60. The molecule has 138 valence electrons. The quantitative estimate of drug-likeness (QED) is 0.528. The predicted octanol–water partition coefficient (Wildman–Crippen LogP) is 5.02. The molecule has 1 N–H and O–H groups in total. The average Bonchev–Trinajstić information content (AvgIpc) is 3.20. The van der Waals surface area contributed by atoms with Crippen molar-refractivity contribution >= 4 is 54.7 Å². The zero-order valence-corrected chi connectivity index (χ0v) is 17.0. The van der Waals surface area contributed by atoms with E-state index < -0.39 is 0 Å². The van der Waals surface area contributed by atoms with Crippen LogP contribution < -0.4 is 10.9 Å². The Balaban J connectivity index is 1.64. The van der Waals surface area contributed by atoms with Gasteiger partial charge < -0.3 is 5.32 Å². The van der Waals surface area contributed by atoms with E-state index in [-0.39, 0.29) is 5.56 Å². The number of hydrogen-bond acceptors (Lipinski definition) is 6. The molecule has 0 spiro atoms. The molecule has 4 aromatic rings. The van der Waals surface area contributed by atoms with Crippen molar-refractivity contribution in [1.29, 1.82) is 0 Å². The molecule has 5 rings (SSSR count). The van der Waals surface area contributed by atoms with Crippen molar-refractivity contribution in [2.45, 2.75) is 46.1 Å². The van der Waals surface area contributed by atoms with Gasteiger partial charge in [-0.2, -0.15) is 0 Å². The Bertz CT molecular complexity index is 1230. The maximum absolute atomic E-state index is 13.2. The number of benzene rings is 1. The lowest BCUT2D eigenvalue weighted by atomic mass is 9.97. The molecule has 0 fully saturated rings. The molecule has 5 nitrogen and oxygen atoms in total. The lowest BCUT2D eigenvalue weighted by Gasteiger charge is -2.13. The van der Waals surface area contributed by atoms with Crippen LogP contribution in [-0.4, -0.2) is 14.5 Å². The van der Waals surface area contributed by atoms with E-state index in [1.807, 2.05) is 26.0 Å². The van der Waals surface area contributed by atoms with Crippen molar-refractivity contribution in [2.75, 3.05) is 5.32 Å². The maximum atomic E-state index is 13.2. The number of hydrogen-bond donors (Lipinski definition) is 1. The third-order valence-electron chi connectivity index (χ3n) is 5.14. The number of aromatic nitrogens is 3. The number of rotatable bonds is 3. The number of thiophene rings is 1. The first-order valence-electron chi connectivity index (χ1n) is 9.33. The molecule has 0 saturated heterocycles. The number of nitrogens with zero attached hydrogens (tertiary/aromatic N) is 3. The van der Waals surface area contributed by atoms with Gasteiger partial charge in [-0.25, -0.2) is 9.97 Å². The number of anilines is 2. The molecule has 0 amide bonds. The summed E-state index contributed by atoms with van der Waals surface area (Å²) in [5.74, 6) is 0.620. The largest absolute Gasteiger partial charge is 0.325 e. The third kappa shape index (κ3) is 2.76. The van der Waals surface area contributed by atoms with Gasteiger partial charge in [-0.15, -0.1) is 22.7 Å². The zero-order chi connectivity index (χ0) is 18.5. The van der Waals surface area contributed by atoms with Gasteiger partial charge in [0.1, 0.15) is 4.83 Å². The van der Waals surface area contributed by atoms with Gasteiger partial charge in [0, 0.05) is 17.1 Å². The van der Waals surface area contributed by atoms with Crippen molar-refractivity contribution < 1.29 is 0 Å². The highest BCUT2D eigenvalue weighted by Crippen LogP contribution is 2.34. The molecule has 1 aromatic carbocycles. The Hall–Kier alpha value is -2.25. The van der Waals surface area contributed by atoms with Crippen molar-refractivity contribution in [3.8, 4) is 0 Å². The van der Waals surface area contributed by atoms with E-state index in [4.69, 9.17) is 4.98 Å². The van der Waals surface area contributed by atoms with Gasteiger partial charge in [-0.05, 0) is 63.3 Å². The summed E-state index contributed by atoms with van der Waals surface area (Å²) in [7, 11) is 0. The summed E-state index contributed by atoms with van der Waals surface area (Å²) in [5, 5.41) is 5.27. The summed E-state index contributed by atoms with van der Waals surface area (Å²) >= 11 is 3.36. The van der Waals surface area contributed by atoms with Gasteiger partial charge >= 0.3 is 0 Å². The zero-order valence-electron chi connectivity index (χ0n) is 15.3. The van der Waals surface area contributed by atoms with E-state index >= 15 is 0 Å². The topological polar surface area (TPSA) is 59.8 Å². The second kappa shape index (κ2) is 6.42. The summed E-state index contributed by atoms with van der Waals surface area (Å²) in [4.78, 5) is 24.8. The lowest BCUT2D eigenvalue weighted by Crippen LogP contribution is -2.23. The molecular weight excluding hydrogens is 376 g/mol. The van der Waals surface area contributed by atoms with Crippen molar-refractivity contribution in [2.24, 2.45) is 0 Å². The van der Waals surface area contributed by atoms with Gasteiger partial charge in [0.05, 0.1) is 20.6 Å². The number of thiazole rings is 1. The van der Waals surface area contributed by atoms with Crippen molar-refractivity contribution in [3.05, 3.63) is 44.0 Å². The summed E-state index contributed by atoms with van der Waals surface area (Å²) in [6.07, 6.45) is 4.45. The fourth-order valence-electron chi connectivity index (χ4n) is 3.87. The van der Waals surface area contributed by atoms with Crippen LogP contribution in [-0.2, 0) is 19.4 Å². The van der Waals surface area contributed by atoms with Crippen LogP contribution in [0.3, 0.4) is 0 Å². The van der Waals surface area contributed by atoms with Crippen LogP contribution in [0, 0.1) is 6.92 Å². The third-order valence-corrected chi connectivity index (χ3v) is 7.26. The molecule has 0 unspecified atom stereocenters. The normalized spacial score (nSPS) is 14.0. The number of fused-ring (bicyclic) bond motifs is 4. The predicted molar refractivity (Wildman–Crippen MR) is 114 cm³/mol. The van der Waals surface area contributed by atoms with Gasteiger partial charge in [0.2, 0.25) is 5.95 Å². The van der Waals surface area contributed by atoms with Crippen LogP contribution in [0.4, 0.5) is 11.6 Å². The summed E-state index contributed by atoms with van der Waals surface area (Å²) in [5.41, 5.74) is 3.26.